The van der Waals surface area contributed by atoms with E-state index in [9.17, 15) is 8.42 Å². The van der Waals surface area contributed by atoms with Crippen LogP contribution in [0, 0.1) is 18.3 Å². The molecule has 0 aliphatic carbocycles. The number of piperidine rings is 1. The van der Waals surface area contributed by atoms with Gasteiger partial charge in [-0.2, -0.15) is 9.57 Å². The summed E-state index contributed by atoms with van der Waals surface area (Å²) in [5.41, 5.74) is 6.98. The number of hydrogen-bond acceptors (Lipinski definition) is 4. The van der Waals surface area contributed by atoms with Crippen molar-refractivity contribution in [3.8, 4) is 6.07 Å². The van der Waals surface area contributed by atoms with E-state index in [0.29, 0.717) is 17.7 Å². The predicted molar refractivity (Wildman–Crippen MR) is 81.1 cm³/mol. The van der Waals surface area contributed by atoms with E-state index >= 15 is 0 Å². The van der Waals surface area contributed by atoms with Gasteiger partial charge in [-0.15, -0.1) is 0 Å². The van der Waals surface area contributed by atoms with Crippen molar-refractivity contribution in [1.82, 2.24) is 4.31 Å². The fourth-order valence-corrected chi connectivity index (χ4v) is 4.86. The Morgan fingerprint density at radius 3 is 2.76 bits per heavy atom. The number of rotatable bonds is 3. The minimum absolute atomic E-state index is 0.172. The summed E-state index contributed by atoms with van der Waals surface area (Å²) in [6.07, 6.45) is 2.63. The fraction of sp³-hybridized carbons (Fsp3) is 0.533. The smallest absolute Gasteiger partial charge is 0.243 e. The average Bonchev–Trinajstić information content (AvgIpc) is 2.47. The number of nitrogens with two attached hydrogens (primary N) is 1. The number of sulfonamides is 1. The van der Waals surface area contributed by atoms with Gasteiger partial charge in [0.05, 0.1) is 16.5 Å². The monoisotopic (exact) mass is 307 g/mol. The van der Waals surface area contributed by atoms with Crippen molar-refractivity contribution in [2.75, 3.05) is 6.54 Å². The zero-order valence-corrected chi connectivity index (χ0v) is 13.2. The van der Waals surface area contributed by atoms with E-state index in [1.54, 1.807) is 19.1 Å². The first kappa shape index (κ1) is 16.0. The summed E-state index contributed by atoms with van der Waals surface area (Å²) >= 11 is 0. The van der Waals surface area contributed by atoms with Crippen LogP contribution in [0.25, 0.3) is 0 Å². The molecule has 0 bridgehead atoms. The summed E-state index contributed by atoms with van der Waals surface area (Å²) in [6, 6.07) is 6.38. The Balaban J connectivity index is 2.48. The van der Waals surface area contributed by atoms with Crippen LogP contribution in [-0.2, 0) is 10.0 Å². The molecule has 1 aliphatic heterocycles. The molecule has 5 nitrogen and oxygen atoms in total. The van der Waals surface area contributed by atoms with Crippen LogP contribution < -0.4 is 5.73 Å². The minimum Gasteiger partial charge on any atom is -0.326 e. The van der Waals surface area contributed by atoms with Gasteiger partial charge in [0.15, 0.2) is 0 Å². The van der Waals surface area contributed by atoms with Crippen LogP contribution in [0.15, 0.2) is 23.1 Å². The highest BCUT2D eigenvalue weighted by atomic mass is 32.2. The highest BCUT2D eigenvalue weighted by Gasteiger charge is 2.36. The van der Waals surface area contributed by atoms with Crippen LogP contribution in [0.4, 0.5) is 0 Å². The van der Waals surface area contributed by atoms with E-state index in [0.717, 1.165) is 19.3 Å². The van der Waals surface area contributed by atoms with E-state index in [-0.39, 0.29) is 17.0 Å². The van der Waals surface area contributed by atoms with E-state index < -0.39 is 10.0 Å². The van der Waals surface area contributed by atoms with Gasteiger partial charge in [0.1, 0.15) is 0 Å². The molecule has 21 heavy (non-hydrogen) atoms. The molecule has 6 heteroatoms. The minimum atomic E-state index is -3.62. The standard InChI is InChI=1S/C15H21N3O2S/c1-11-6-7-13(10-16)9-15(11)21(19,20)18-8-4-3-5-14(18)12(2)17/h6-7,9,12,14H,3-5,8,17H2,1-2H3/t12-,14-/m0/s1. The lowest BCUT2D eigenvalue weighted by Crippen LogP contribution is -2.51. The van der Waals surface area contributed by atoms with Gasteiger partial charge in [-0.05, 0) is 44.4 Å². The van der Waals surface area contributed by atoms with Gasteiger partial charge >= 0.3 is 0 Å². The summed E-state index contributed by atoms with van der Waals surface area (Å²) in [6.45, 7) is 4.08. The maximum Gasteiger partial charge on any atom is 0.243 e. The molecule has 2 rings (SSSR count). The van der Waals surface area contributed by atoms with E-state index in [1.807, 2.05) is 13.0 Å². The van der Waals surface area contributed by atoms with Crippen LogP contribution >= 0.6 is 0 Å². The number of aryl methyl sites for hydroxylation is 1. The molecule has 1 aliphatic rings. The Morgan fingerprint density at radius 1 is 1.43 bits per heavy atom. The number of nitrogens with zero attached hydrogens (tertiary/aromatic N) is 2. The molecular weight excluding hydrogens is 286 g/mol. The van der Waals surface area contributed by atoms with Crippen molar-refractivity contribution in [1.29, 1.82) is 5.26 Å². The molecule has 1 heterocycles. The first-order chi connectivity index (χ1) is 9.87. The summed E-state index contributed by atoms with van der Waals surface area (Å²) in [5, 5.41) is 8.99. The molecule has 1 aromatic carbocycles. The van der Waals surface area contributed by atoms with Crippen LogP contribution in [0.5, 0.6) is 0 Å². The lowest BCUT2D eigenvalue weighted by Gasteiger charge is -2.37. The van der Waals surface area contributed by atoms with Gasteiger partial charge in [0, 0.05) is 18.6 Å². The molecule has 1 fully saturated rings. The van der Waals surface area contributed by atoms with E-state index in [2.05, 4.69) is 0 Å². The molecule has 0 unspecified atom stereocenters. The van der Waals surface area contributed by atoms with Crippen molar-refractivity contribution in [2.24, 2.45) is 5.73 Å². The summed E-state index contributed by atoms with van der Waals surface area (Å²) < 4.78 is 27.4. The Hall–Kier alpha value is -1.42. The van der Waals surface area contributed by atoms with Gasteiger partial charge in [-0.25, -0.2) is 8.42 Å². The summed E-state index contributed by atoms with van der Waals surface area (Å²) in [7, 11) is -3.62. The first-order valence-corrected chi connectivity index (χ1v) is 8.60. The fourth-order valence-electron chi connectivity index (χ4n) is 2.83. The molecular formula is C15H21N3O2S. The molecule has 1 aromatic rings. The third-order valence-electron chi connectivity index (χ3n) is 4.01. The Morgan fingerprint density at radius 2 is 2.14 bits per heavy atom. The van der Waals surface area contributed by atoms with Crippen LogP contribution in [-0.4, -0.2) is 31.4 Å². The molecule has 0 amide bonds. The summed E-state index contributed by atoms with van der Waals surface area (Å²) in [4.78, 5) is 0.217. The molecule has 0 radical (unpaired) electrons. The molecule has 2 atom stereocenters. The highest BCUT2D eigenvalue weighted by molar-refractivity contribution is 7.89. The zero-order valence-electron chi connectivity index (χ0n) is 12.4. The van der Waals surface area contributed by atoms with E-state index in [1.165, 1.54) is 10.4 Å². The van der Waals surface area contributed by atoms with Crippen molar-refractivity contribution in [3.63, 3.8) is 0 Å². The highest BCUT2D eigenvalue weighted by Crippen LogP contribution is 2.28. The van der Waals surface area contributed by atoms with Gasteiger partial charge < -0.3 is 5.73 Å². The van der Waals surface area contributed by atoms with Crippen molar-refractivity contribution < 1.29 is 8.42 Å². The Kier molecular flexibility index (Phi) is 4.67. The normalized spacial score (nSPS) is 21.7. The number of benzene rings is 1. The van der Waals surface area contributed by atoms with E-state index in [4.69, 9.17) is 11.0 Å². The van der Waals surface area contributed by atoms with Gasteiger partial charge in [0.25, 0.3) is 0 Å². The quantitative estimate of drug-likeness (QED) is 0.921. The molecule has 114 valence electrons. The van der Waals surface area contributed by atoms with Crippen LogP contribution in [0.1, 0.15) is 37.3 Å². The average molecular weight is 307 g/mol. The number of hydrogen-bond donors (Lipinski definition) is 1. The summed E-state index contributed by atoms with van der Waals surface area (Å²) in [5.74, 6) is 0. The Labute approximate surface area is 126 Å². The third kappa shape index (κ3) is 3.10. The molecule has 0 saturated carbocycles. The molecule has 0 aromatic heterocycles. The SMILES string of the molecule is Cc1ccc(C#N)cc1S(=O)(=O)N1CCCC[C@H]1[C@H](C)N. The lowest BCUT2D eigenvalue weighted by atomic mass is 10.00. The van der Waals surface area contributed by atoms with Crippen molar-refractivity contribution >= 4 is 10.0 Å². The van der Waals surface area contributed by atoms with Crippen LogP contribution in [0.3, 0.4) is 0 Å². The first-order valence-electron chi connectivity index (χ1n) is 7.16. The predicted octanol–water partition coefficient (Wildman–Crippen LogP) is 1.76. The largest absolute Gasteiger partial charge is 0.326 e. The maximum absolute atomic E-state index is 13.0. The van der Waals surface area contributed by atoms with Gasteiger partial charge in [-0.1, -0.05) is 12.5 Å². The second kappa shape index (κ2) is 6.14. The Bertz CT molecular complexity index is 662. The lowest BCUT2D eigenvalue weighted by molar-refractivity contribution is 0.227. The maximum atomic E-state index is 13.0. The topological polar surface area (TPSA) is 87.2 Å². The molecule has 1 saturated heterocycles. The second-order valence-corrected chi connectivity index (χ2v) is 7.49. The van der Waals surface area contributed by atoms with Crippen molar-refractivity contribution in [3.05, 3.63) is 29.3 Å². The van der Waals surface area contributed by atoms with Gasteiger partial charge in [0.2, 0.25) is 10.0 Å². The van der Waals surface area contributed by atoms with Crippen LogP contribution in [0.2, 0.25) is 0 Å². The number of nitriles is 1. The van der Waals surface area contributed by atoms with Crippen molar-refractivity contribution in [2.45, 2.75) is 50.1 Å². The zero-order chi connectivity index (χ0) is 15.6. The second-order valence-electron chi connectivity index (χ2n) is 5.63. The van der Waals surface area contributed by atoms with Gasteiger partial charge in [-0.3, -0.25) is 0 Å². The molecule has 2 N–H and O–H groups in total. The third-order valence-corrected chi connectivity index (χ3v) is 6.08. The molecule has 0 spiro atoms.